The van der Waals surface area contributed by atoms with Crippen LogP contribution in [0, 0.1) is 5.92 Å². The number of unbranched alkanes of at least 4 members (excludes halogenated alkanes) is 1. The van der Waals surface area contributed by atoms with E-state index in [9.17, 15) is 9.90 Å². The molecule has 2 saturated heterocycles. The van der Waals surface area contributed by atoms with Gasteiger partial charge in [-0.2, -0.15) is 11.8 Å². The van der Waals surface area contributed by atoms with Gasteiger partial charge in [0.25, 0.3) is 0 Å². The highest BCUT2D eigenvalue weighted by Gasteiger charge is 2.40. The molecule has 0 aromatic carbocycles. The molecular weight excluding hydrogens is 352 g/mol. The Labute approximate surface area is 161 Å². The summed E-state index contributed by atoms with van der Waals surface area (Å²) in [5, 5.41) is 22.8. The minimum atomic E-state index is -0.578. The van der Waals surface area contributed by atoms with E-state index in [1.54, 1.807) is 7.05 Å². The fraction of sp³-hybridized carbons (Fsp3) is 0.833. The lowest BCUT2D eigenvalue weighted by Crippen LogP contribution is -2.37. The van der Waals surface area contributed by atoms with E-state index in [0.29, 0.717) is 30.4 Å². The largest absolute Gasteiger partial charge is 0.378 e. The molecule has 0 saturated carbocycles. The van der Waals surface area contributed by atoms with Crippen molar-refractivity contribution in [3.8, 4) is 0 Å². The van der Waals surface area contributed by atoms with E-state index < -0.39 is 6.23 Å². The summed E-state index contributed by atoms with van der Waals surface area (Å²) in [5.74, 6) is 2.12. The zero-order chi connectivity index (χ0) is 18.9. The van der Waals surface area contributed by atoms with E-state index in [4.69, 9.17) is 4.74 Å². The molecule has 150 valence electrons. The van der Waals surface area contributed by atoms with Crippen molar-refractivity contribution in [2.45, 2.75) is 62.6 Å². The molecule has 2 rings (SSSR count). The summed E-state index contributed by atoms with van der Waals surface area (Å²) < 4.78 is 5.47. The van der Waals surface area contributed by atoms with Gasteiger partial charge in [0.1, 0.15) is 13.0 Å². The number of rotatable bonds is 12. The number of fused-ring (bicyclic) bond motifs is 1. The predicted octanol–water partition coefficient (Wildman–Crippen LogP) is 0.718. The number of aliphatic hydroxyl groups excluding tert-OH is 1. The number of thioether (sulfide) groups is 1. The SMILES string of the molecule is C=C1N[C@H]2CSC(CCCCC(=O)NCOCC(CC)C(O)NC)[C@H]2N1. The van der Waals surface area contributed by atoms with Gasteiger partial charge in [-0.05, 0) is 26.3 Å². The second kappa shape index (κ2) is 11.0. The molecule has 2 fully saturated rings. The van der Waals surface area contributed by atoms with Gasteiger partial charge in [0.15, 0.2) is 0 Å². The molecule has 2 aliphatic heterocycles. The summed E-state index contributed by atoms with van der Waals surface area (Å²) in [5.41, 5.74) is 0. The van der Waals surface area contributed by atoms with Gasteiger partial charge in [-0.25, -0.2) is 0 Å². The first kappa shape index (κ1) is 21.3. The first-order chi connectivity index (χ1) is 12.5. The molecular formula is C18H34N4O3S. The molecule has 0 aromatic heterocycles. The van der Waals surface area contributed by atoms with Crippen LogP contribution in [0.4, 0.5) is 0 Å². The third-order valence-corrected chi connectivity index (χ3v) is 6.65. The normalized spacial score (nSPS) is 26.7. The highest BCUT2D eigenvalue weighted by molar-refractivity contribution is 8.00. The van der Waals surface area contributed by atoms with Crippen molar-refractivity contribution in [3.63, 3.8) is 0 Å². The fourth-order valence-corrected chi connectivity index (χ4v) is 5.02. The Hall–Kier alpha value is -0.960. The minimum Gasteiger partial charge on any atom is -0.378 e. The number of carbonyl (C=O) groups excluding carboxylic acids is 1. The maximum atomic E-state index is 11.9. The summed E-state index contributed by atoms with van der Waals surface area (Å²) in [6, 6.07) is 0.987. The Morgan fingerprint density at radius 1 is 1.46 bits per heavy atom. The number of aliphatic hydroxyl groups is 1. The van der Waals surface area contributed by atoms with Crippen molar-refractivity contribution < 1.29 is 14.6 Å². The van der Waals surface area contributed by atoms with E-state index >= 15 is 0 Å². The standard InChI is InChI=1S/C18H34N4O3S/c1-4-13(18(24)19-3)9-25-11-20-16(23)8-6-5-7-15-17-14(10-26-15)21-12(2)22-17/h13-15,17-19,21-22,24H,2,4-11H2,1,3H3,(H,20,23)/t13?,14-,15?,17-,18?/m0/s1. The smallest absolute Gasteiger partial charge is 0.221 e. The van der Waals surface area contributed by atoms with Crippen molar-refractivity contribution in [2.75, 3.05) is 26.1 Å². The second-order valence-corrected chi connectivity index (χ2v) is 8.31. The zero-order valence-corrected chi connectivity index (χ0v) is 16.7. The maximum absolute atomic E-state index is 11.9. The molecule has 2 aliphatic rings. The lowest BCUT2D eigenvalue weighted by Gasteiger charge is -2.20. The quantitative estimate of drug-likeness (QED) is 0.249. The molecule has 0 radical (unpaired) electrons. The molecule has 7 nitrogen and oxygen atoms in total. The average Bonchev–Trinajstić information content (AvgIpc) is 3.17. The number of hydrogen-bond donors (Lipinski definition) is 5. The van der Waals surface area contributed by atoms with Crippen molar-refractivity contribution in [2.24, 2.45) is 5.92 Å². The van der Waals surface area contributed by atoms with Gasteiger partial charge in [0.05, 0.1) is 24.5 Å². The number of hydrogen-bond acceptors (Lipinski definition) is 7. The highest BCUT2D eigenvalue weighted by Crippen LogP contribution is 2.34. The first-order valence-electron chi connectivity index (χ1n) is 9.58. The van der Waals surface area contributed by atoms with Crippen LogP contribution in [-0.2, 0) is 9.53 Å². The predicted molar refractivity (Wildman–Crippen MR) is 106 cm³/mol. The van der Waals surface area contributed by atoms with E-state index in [0.717, 1.165) is 37.3 Å². The molecule has 1 amide bonds. The Kier molecular flexibility index (Phi) is 9.04. The van der Waals surface area contributed by atoms with Crippen molar-refractivity contribution in [1.29, 1.82) is 0 Å². The van der Waals surface area contributed by atoms with Crippen LogP contribution in [0.5, 0.6) is 0 Å². The minimum absolute atomic E-state index is 0.0261. The van der Waals surface area contributed by atoms with E-state index in [1.165, 1.54) is 0 Å². The summed E-state index contributed by atoms with van der Waals surface area (Å²) in [6.07, 6.45) is 3.83. The van der Waals surface area contributed by atoms with Gasteiger partial charge in [-0.15, -0.1) is 0 Å². The maximum Gasteiger partial charge on any atom is 0.221 e. The van der Waals surface area contributed by atoms with Gasteiger partial charge in [0, 0.05) is 23.3 Å². The molecule has 8 heteroatoms. The van der Waals surface area contributed by atoms with Gasteiger partial charge in [-0.1, -0.05) is 19.9 Å². The van der Waals surface area contributed by atoms with Crippen molar-refractivity contribution >= 4 is 17.7 Å². The van der Waals surface area contributed by atoms with Gasteiger partial charge in [-0.3, -0.25) is 10.1 Å². The van der Waals surface area contributed by atoms with Crippen LogP contribution in [-0.4, -0.2) is 60.7 Å². The number of carbonyl (C=O) groups is 1. The van der Waals surface area contributed by atoms with Gasteiger partial charge < -0.3 is 25.8 Å². The molecule has 26 heavy (non-hydrogen) atoms. The van der Waals surface area contributed by atoms with Crippen LogP contribution in [0.15, 0.2) is 12.4 Å². The Balaban J connectivity index is 1.50. The summed E-state index contributed by atoms with van der Waals surface area (Å²) >= 11 is 2.01. The fourth-order valence-electron chi connectivity index (χ4n) is 3.48. The Morgan fingerprint density at radius 2 is 2.27 bits per heavy atom. The lowest BCUT2D eigenvalue weighted by molar-refractivity contribution is -0.123. The van der Waals surface area contributed by atoms with Crippen LogP contribution in [0.2, 0.25) is 0 Å². The third-order valence-electron chi connectivity index (χ3n) is 5.14. The molecule has 5 atom stereocenters. The van der Waals surface area contributed by atoms with Crippen molar-refractivity contribution in [3.05, 3.63) is 12.4 Å². The number of ether oxygens (including phenoxy) is 1. The Bertz CT molecular complexity index is 466. The van der Waals surface area contributed by atoms with Crippen LogP contribution in [0.3, 0.4) is 0 Å². The zero-order valence-electron chi connectivity index (χ0n) is 15.9. The van der Waals surface area contributed by atoms with Crippen LogP contribution in [0.1, 0.15) is 39.0 Å². The first-order valence-corrected chi connectivity index (χ1v) is 10.6. The summed E-state index contributed by atoms with van der Waals surface area (Å²) in [4.78, 5) is 11.9. The number of amides is 1. The molecule has 0 spiro atoms. The van der Waals surface area contributed by atoms with E-state index in [-0.39, 0.29) is 18.6 Å². The Morgan fingerprint density at radius 3 is 3.00 bits per heavy atom. The topological polar surface area (TPSA) is 94.7 Å². The van der Waals surface area contributed by atoms with Gasteiger partial charge >= 0.3 is 0 Å². The van der Waals surface area contributed by atoms with Crippen LogP contribution in [0.25, 0.3) is 0 Å². The van der Waals surface area contributed by atoms with Gasteiger partial charge in [0.2, 0.25) is 5.91 Å². The molecule has 5 N–H and O–H groups in total. The average molecular weight is 387 g/mol. The van der Waals surface area contributed by atoms with Crippen LogP contribution < -0.4 is 21.3 Å². The molecule has 2 heterocycles. The second-order valence-electron chi connectivity index (χ2n) is 7.03. The summed E-state index contributed by atoms with van der Waals surface area (Å²) in [7, 11) is 1.72. The van der Waals surface area contributed by atoms with Crippen LogP contribution >= 0.6 is 11.8 Å². The molecule has 0 bridgehead atoms. The molecule has 0 aliphatic carbocycles. The van der Waals surface area contributed by atoms with E-state index in [1.807, 2.05) is 18.7 Å². The van der Waals surface area contributed by atoms with E-state index in [2.05, 4.69) is 27.8 Å². The monoisotopic (exact) mass is 386 g/mol. The van der Waals surface area contributed by atoms with Crippen molar-refractivity contribution in [1.82, 2.24) is 21.3 Å². The molecule has 3 unspecified atom stereocenters. The third kappa shape index (κ3) is 6.33. The lowest BCUT2D eigenvalue weighted by atomic mass is 10.0. The highest BCUT2D eigenvalue weighted by atomic mass is 32.2. The molecule has 0 aromatic rings. The summed E-state index contributed by atoms with van der Waals surface area (Å²) in [6.45, 7) is 6.57. The number of nitrogens with one attached hydrogen (secondary N) is 4.